The summed E-state index contributed by atoms with van der Waals surface area (Å²) in [6.45, 7) is 6.67. The van der Waals surface area contributed by atoms with Crippen molar-refractivity contribution in [3.8, 4) is 5.75 Å². The molecule has 3 aliphatic heterocycles. The van der Waals surface area contributed by atoms with E-state index < -0.39 is 6.04 Å². The van der Waals surface area contributed by atoms with Crippen LogP contribution in [0.5, 0.6) is 5.75 Å². The number of ether oxygens (including phenoxy) is 1. The Balaban J connectivity index is 1.28. The van der Waals surface area contributed by atoms with Crippen molar-refractivity contribution in [3.05, 3.63) is 41.6 Å². The molecule has 1 saturated carbocycles. The summed E-state index contributed by atoms with van der Waals surface area (Å²) in [7, 11) is 0. The van der Waals surface area contributed by atoms with Crippen molar-refractivity contribution in [2.75, 3.05) is 13.1 Å². The molecule has 0 bridgehead atoms. The predicted molar refractivity (Wildman–Crippen MR) is 114 cm³/mol. The number of piperidine rings is 2. The summed E-state index contributed by atoms with van der Waals surface area (Å²) in [5.74, 6) is 0.661. The van der Waals surface area contributed by atoms with Crippen LogP contribution < -0.4 is 10.1 Å². The molecule has 1 aliphatic carbocycles. The molecule has 6 heteroatoms. The molecule has 4 aliphatic rings. The highest BCUT2D eigenvalue weighted by molar-refractivity contribution is 6.01. The molecule has 1 N–H and O–H groups in total. The van der Waals surface area contributed by atoms with Gasteiger partial charge < -0.3 is 15.0 Å². The quantitative estimate of drug-likeness (QED) is 0.830. The molecular formula is C24H31N3O3. The zero-order chi connectivity index (χ0) is 20.7. The van der Waals surface area contributed by atoms with Crippen molar-refractivity contribution in [3.63, 3.8) is 0 Å². The summed E-state index contributed by atoms with van der Waals surface area (Å²) in [6.07, 6.45) is 9.02. The Hall–Kier alpha value is -2.34. The number of amides is 2. The topological polar surface area (TPSA) is 61.9 Å². The summed E-state index contributed by atoms with van der Waals surface area (Å²) < 4.78 is 6.46. The first-order valence-electron chi connectivity index (χ1n) is 11.4. The molecule has 6 nitrogen and oxygen atoms in total. The van der Waals surface area contributed by atoms with Crippen molar-refractivity contribution in [2.45, 2.75) is 76.1 Å². The number of nitrogens with zero attached hydrogens (tertiary/aromatic N) is 2. The molecule has 1 aromatic carbocycles. The molecule has 2 saturated heterocycles. The average molecular weight is 410 g/mol. The standard InChI is InChI=1S/C24H31N3O3/c1-16-8-11-21(23(28)25-16)27-15-17-14-18(9-10-19(17)24(27)29)30-22-7-5-6-20(22)26-12-3-2-4-13-26/h9-10,14,20-22H,1-8,11-13,15H2,(H,25,28)/t20-,21?,22+/m0/s1. The third kappa shape index (κ3) is 3.62. The van der Waals surface area contributed by atoms with Gasteiger partial charge in [-0.15, -0.1) is 0 Å². The first-order valence-corrected chi connectivity index (χ1v) is 11.4. The van der Waals surface area contributed by atoms with E-state index in [0.29, 0.717) is 31.0 Å². The maximum Gasteiger partial charge on any atom is 0.255 e. The second-order valence-electron chi connectivity index (χ2n) is 9.15. The van der Waals surface area contributed by atoms with Crippen molar-refractivity contribution in [1.82, 2.24) is 15.1 Å². The third-order valence-electron chi connectivity index (χ3n) is 7.17. The zero-order valence-corrected chi connectivity index (χ0v) is 17.6. The first kappa shape index (κ1) is 19.6. The van der Waals surface area contributed by atoms with Gasteiger partial charge in [0, 0.05) is 23.8 Å². The second-order valence-corrected chi connectivity index (χ2v) is 9.15. The van der Waals surface area contributed by atoms with E-state index in [1.54, 1.807) is 4.90 Å². The van der Waals surface area contributed by atoms with E-state index in [4.69, 9.17) is 4.74 Å². The van der Waals surface area contributed by atoms with Crippen LogP contribution in [-0.4, -0.2) is 52.9 Å². The fourth-order valence-electron chi connectivity index (χ4n) is 5.59. The minimum Gasteiger partial charge on any atom is -0.489 e. The number of likely N-dealkylation sites (tertiary alicyclic amines) is 1. The van der Waals surface area contributed by atoms with Gasteiger partial charge >= 0.3 is 0 Å². The number of rotatable bonds is 4. The monoisotopic (exact) mass is 409 g/mol. The molecule has 3 fully saturated rings. The van der Waals surface area contributed by atoms with Gasteiger partial charge in [0.25, 0.3) is 5.91 Å². The lowest BCUT2D eigenvalue weighted by atomic mass is 10.0. The average Bonchev–Trinajstić information content (AvgIpc) is 3.33. The normalized spacial score (nSPS) is 29.8. The van der Waals surface area contributed by atoms with E-state index in [9.17, 15) is 9.59 Å². The van der Waals surface area contributed by atoms with Gasteiger partial charge in [-0.2, -0.15) is 0 Å². The van der Waals surface area contributed by atoms with Gasteiger partial charge in [-0.1, -0.05) is 13.0 Å². The Labute approximate surface area is 178 Å². The lowest BCUT2D eigenvalue weighted by Gasteiger charge is -2.35. The highest BCUT2D eigenvalue weighted by Gasteiger charge is 2.39. The van der Waals surface area contributed by atoms with Crippen LogP contribution >= 0.6 is 0 Å². The molecule has 0 spiro atoms. The predicted octanol–water partition coefficient (Wildman–Crippen LogP) is 3.22. The Morgan fingerprint density at radius 3 is 2.67 bits per heavy atom. The summed E-state index contributed by atoms with van der Waals surface area (Å²) in [5.41, 5.74) is 2.39. The van der Waals surface area contributed by atoms with E-state index in [1.807, 2.05) is 18.2 Å². The number of fused-ring (bicyclic) bond motifs is 1. The van der Waals surface area contributed by atoms with Crippen LogP contribution in [0, 0.1) is 0 Å². The number of hydrogen-bond acceptors (Lipinski definition) is 4. The maximum atomic E-state index is 12.9. The van der Waals surface area contributed by atoms with Crippen LogP contribution in [0.4, 0.5) is 0 Å². The molecule has 0 radical (unpaired) electrons. The zero-order valence-electron chi connectivity index (χ0n) is 17.6. The molecule has 3 atom stereocenters. The van der Waals surface area contributed by atoms with Crippen molar-refractivity contribution in [1.29, 1.82) is 0 Å². The molecule has 0 aromatic heterocycles. The van der Waals surface area contributed by atoms with Crippen LogP contribution in [0.25, 0.3) is 0 Å². The van der Waals surface area contributed by atoms with Crippen LogP contribution in [0.15, 0.2) is 30.5 Å². The molecular weight excluding hydrogens is 378 g/mol. The van der Waals surface area contributed by atoms with Gasteiger partial charge in [0.15, 0.2) is 0 Å². The maximum absolute atomic E-state index is 12.9. The van der Waals surface area contributed by atoms with E-state index in [0.717, 1.165) is 23.4 Å². The van der Waals surface area contributed by atoms with Gasteiger partial charge in [-0.05, 0) is 81.8 Å². The SMILES string of the molecule is C=C1CCC(N2Cc3cc(O[C@@H]4CCC[C@@H]4N4CCCCC4)ccc3C2=O)C(=O)N1. The number of carbonyl (C=O) groups is 2. The largest absolute Gasteiger partial charge is 0.489 e. The summed E-state index contributed by atoms with van der Waals surface area (Å²) in [5, 5.41) is 2.79. The number of hydrogen-bond donors (Lipinski definition) is 1. The van der Waals surface area contributed by atoms with Crippen LogP contribution in [-0.2, 0) is 11.3 Å². The molecule has 1 unspecified atom stereocenters. The molecule has 2 amide bonds. The Morgan fingerprint density at radius 1 is 1.03 bits per heavy atom. The fraction of sp³-hybridized carbons (Fsp3) is 0.583. The van der Waals surface area contributed by atoms with E-state index in [1.165, 1.54) is 45.2 Å². The lowest BCUT2D eigenvalue weighted by Crippen LogP contribution is -2.49. The van der Waals surface area contributed by atoms with Gasteiger partial charge in [0.2, 0.25) is 5.91 Å². The number of carbonyl (C=O) groups excluding carboxylic acids is 2. The van der Waals surface area contributed by atoms with Gasteiger partial charge in [0.05, 0.1) is 0 Å². The van der Waals surface area contributed by atoms with Crippen LogP contribution in [0.2, 0.25) is 0 Å². The van der Waals surface area contributed by atoms with Crippen molar-refractivity contribution < 1.29 is 14.3 Å². The first-order chi connectivity index (χ1) is 14.6. The van der Waals surface area contributed by atoms with E-state index in [2.05, 4.69) is 16.8 Å². The summed E-state index contributed by atoms with van der Waals surface area (Å²) in [4.78, 5) is 29.6. The minimum atomic E-state index is -0.418. The van der Waals surface area contributed by atoms with Crippen molar-refractivity contribution in [2.24, 2.45) is 0 Å². The van der Waals surface area contributed by atoms with E-state index in [-0.39, 0.29) is 17.9 Å². The Kier molecular flexibility index (Phi) is 5.27. The fourth-order valence-corrected chi connectivity index (χ4v) is 5.59. The van der Waals surface area contributed by atoms with Gasteiger partial charge in [0.1, 0.15) is 17.9 Å². The van der Waals surface area contributed by atoms with Gasteiger partial charge in [-0.25, -0.2) is 0 Å². The lowest BCUT2D eigenvalue weighted by molar-refractivity contribution is -0.126. The number of allylic oxidation sites excluding steroid dienone is 1. The van der Waals surface area contributed by atoms with Crippen LogP contribution in [0.3, 0.4) is 0 Å². The van der Waals surface area contributed by atoms with Gasteiger partial charge in [-0.3, -0.25) is 14.5 Å². The summed E-state index contributed by atoms with van der Waals surface area (Å²) in [6, 6.07) is 5.90. The molecule has 160 valence electrons. The highest BCUT2D eigenvalue weighted by Crippen LogP contribution is 2.34. The number of nitrogens with one attached hydrogen (secondary N) is 1. The highest BCUT2D eigenvalue weighted by atomic mass is 16.5. The third-order valence-corrected chi connectivity index (χ3v) is 7.17. The number of benzene rings is 1. The molecule has 3 heterocycles. The van der Waals surface area contributed by atoms with Crippen molar-refractivity contribution >= 4 is 11.8 Å². The summed E-state index contributed by atoms with van der Waals surface area (Å²) >= 11 is 0. The molecule has 30 heavy (non-hydrogen) atoms. The van der Waals surface area contributed by atoms with E-state index >= 15 is 0 Å². The minimum absolute atomic E-state index is 0.0590. The Bertz CT molecular complexity index is 861. The molecule has 5 rings (SSSR count). The van der Waals surface area contributed by atoms with Crippen LogP contribution in [0.1, 0.15) is 67.3 Å². The molecule has 1 aromatic rings. The second kappa shape index (κ2) is 8.06. The smallest absolute Gasteiger partial charge is 0.255 e. The Morgan fingerprint density at radius 2 is 1.87 bits per heavy atom.